The zero-order valence-electron chi connectivity index (χ0n) is 8.94. The second kappa shape index (κ2) is 3.82. The van der Waals surface area contributed by atoms with E-state index >= 15 is 0 Å². The molecule has 4 heteroatoms. The summed E-state index contributed by atoms with van der Waals surface area (Å²) < 4.78 is 1.95. The van der Waals surface area contributed by atoms with Gasteiger partial charge in [0, 0.05) is 24.6 Å². The molecule has 2 aromatic heterocycles. The topological polar surface area (TPSA) is 56.7 Å². The highest BCUT2D eigenvalue weighted by Crippen LogP contribution is 2.11. The first-order chi connectivity index (χ1) is 7.22. The number of rotatable bonds is 2. The van der Waals surface area contributed by atoms with Gasteiger partial charge in [0.25, 0.3) is 0 Å². The summed E-state index contributed by atoms with van der Waals surface area (Å²) in [6.45, 7) is 4.45. The summed E-state index contributed by atoms with van der Waals surface area (Å²) >= 11 is 0. The van der Waals surface area contributed by atoms with E-state index in [0.717, 1.165) is 22.9 Å². The van der Waals surface area contributed by atoms with E-state index in [9.17, 15) is 0 Å². The number of nitrogens with two attached hydrogens (primary N) is 1. The van der Waals surface area contributed by atoms with Gasteiger partial charge in [-0.15, -0.1) is 0 Å². The maximum Gasteiger partial charge on any atom is 0.138 e. The molecule has 4 nitrogen and oxygen atoms in total. The Labute approximate surface area is 88.8 Å². The van der Waals surface area contributed by atoms with Crippen LogP contribution in [0, 0.1) is 13.8 Å². The van der Waals surface area contributed by atoms with Crippen LogP contribution in [0.3, 0.4) is 0 Å². The first-order valence-electron chi connectivity index (χ1n) is 4.89. The molecule has 15 heavy (non-hydrogen) atoms. The number of nitrogens with zero attached hydrogens (tertiary/aromatic N) is 3. The van der Waals surface area contributed by atoms with Gasteiger partial charge in [-0.05, 0) is 25.5 Å². The summed E-state index contributed by atoms with van der Waals surface area (Å²) in [5, 5.41) is 0. The molecule has 0 radical (unpaired) electrons. The van der Waals surface area contributed by atoms with E-state index in [1.54, 1.807) is 6.20 Å². The van der Waals surface area contributed by atoms with Crippen molar-refractivity contribution in [2.75, 3.05) is 0 Å². The number of imidazole rings is 1. The summed E-state index contributed by atoms with van der Waals surface area (Å²) in [6.07, 6.45) is 3.67. The van der Waals surface area contributed by atoms with Gasteiger partial charge in [-0.25, -0.2) is 9.97 Å². The third-order valence-electron chi connectivity index (χ3n) is 2.47. The highest BCUT2D eigenvalue weighted by Gasteiger charge is 2.04. The fourth-order valence-corrected chi connectivity index (χ4v) is 1.55. The molecule has 0 aliphatic heterocycles. The van der Waals surface area contributed by atoms with Crippen LogP contribution in [0.4, 0.5) is 0 Å². The lowest BCUT2D eigenvalue weighted by Gasteiger charge is -2.07. The van der Waals surface area contributed by atoms with Crippen molar-refractivity contribution in [3.8, 4) is 5.82 Å². The SMILES string of the molecule is Cc1nc(-n2ccnc2C)ccc1CN. The lowest BCUT2D eigenvalue weighted by atomic mass is 10.2. The minimum Gasteiger partial charge on any atom is -0.326 e. The molecule has 2 rings (SSSR count). The van der Waals surface area contributed by atoms with Crippen molar-refractivity contribution in [2.24, 2.45) is 5.73 Å². The maximum absolute atomic E-state index is 5.59. The van der Waals surface area contributed by atoms with E-state index < -0.39 is 0 Å². The Hall–Kier alpha value is -1.68. The highest BCUT2D eigenvalue weighted by molar-refractivity contribution is 5.31. The van der Waals surface area contributed by atoms with E-state index in [1.807, 2.05) is 36.7 Å². The second-order valence-electron chi connectivity index (χ2n) is 3.46. The van der Waals surface area contributed by atoms with Crippen LogP contribution in [0.1, 0.15) is 17.1 Å². The predicted molar refractivity (Wildman–Crippen MR) is 58.7 cm³/mol. The lowest BCUT2D eigenvalue weighted by molar-refractivity contribution is 0.905. The minimum absolute atomic E-state index is 0.530. The van der Waals surface area contributed by atoms with Crippen molar-refractivity contribution in [2.45, 2.75) is 20.4 Å². The Morgan fingerprint density at radius 1 is 1.33 bits per heavy atom. The largest absolute Gasteiger partial charge is 0.326 e. The first-order valence-corrected chi connectivity index (χ1v) is 4.89. The van der Waals surface area contributed by atoms with Gasteiger partial charge in [-0.1, -0.05) is 6.07 Å². The Kier molecular flexibility index (Phi) is 2.51. The summed E-state index contributed by atoms with van der Waals surface area (Å²) in [7, 11) is 0. The van der Waals surface area contributed by atoms with Crippen LogP contribution in [0.15, 0.2) is 24.5 Å². The number of aromatic nitrogens is 3. The third-order valence-corrected chi connectivity index (χ3v) is 2.47. The van der Waals surface area contributed by atoms with Crippen molar-refractivity contribution >= 4 is 0 Å². The standard InChI is InChI=1S/C11H14N4/c1-8-10(7-12)3-4-11(14-8)15-6-5-13-9(15)2/h3-6H,7,12H2,1-2H3. The van der Waals surface area contributed by atoms with Crippen LogP contribution < -0.4 is 5.73 Å². The van der Waals surface area contributed by atoms with Gasteiger partial charge in [0.1, 0.15) is 11.6 Å². The zero-order chi connectivity index (χ0) is 10.8. The second-order valence-corrected chi connectivity index (χ2v) is 3.46. The molecule has 0 fully saturated rings. The molecule has 0 aliphatic rings. The molecule has 0 bridgehead atoms. The van der Waals surface area contributed by atoms with Crippen molar-refractivity contribution < 1.29 is 0 Å². The van der Waals surface area contributed by atoms with Crippen LogP contribution >= 0.6 is 0 Å². The van der Waals surface area contributed by atoms with Crippen molar-refractivity contribution in [1.29, 1.82) is 0 Å². The Bertz CT molecular complexity index is 473. The molecule has 0 amide bonds. The highest BCUT2D eigenvalue weighted by atomic mass is 15.1. The number of hydrogen-bond donors (Lipinski definition) is 1. The van der Waals surface area contributed by atoms with Crippen LogP contribution in [-0.4, -0.2) is 14.5 Å². The lowest BCUT2D eigenvalue weighted by Crippen LogP contribution is -2.05. The molecule has 0 aromatic carbocycles. The summed E-state index contributed by atoms with van der Waals surface area (Å²) in [4.78, 5) is 8.65. The van der Waals surface area contributed by atoms with Gasteiger partial charge in [0.15, 0.2) is 0 Å². The van der Waals surface area contributed by atoms with E-state index in [1.165, 1.54) is 0 Å². The first kappa shape index (κ1) is 9.86. The smallest absolute Gasteiger partial charge is 0.138 e. The van der Waals surface area contributed by atoms with Gasteiger partial charge in [-0.2, -0.15) is 0 Å². The number of hydrogen-bond acceptors (Lipinski definition) is 3. The molecule has 0 spiro atoms. The molecule has 2 aromatic rings. The van der Waals surface area contributed by atoms with Crippen molar-refractivity contribution in [3.63, 3.8) is 0 Å². The van der Waals surface area contributed by atoms with Crippen molar-refractivity contribution in [1.82, 2.24) is 14.5 Å². The Morgan fingerprint density at radius 3 is 2.67 bits per heavy atom. The Morgan fingerprint density at radius 2 is 2.13 bits per heavy atom. The van der Waals surface area contributed by atoms with E-state index in [4.69, 9.17) is 5.73 Å². The molecular weight excluding hydrogens is 188 g/mol. The van der Waals surface area contributed by atoms with Gasteiger partial charge in [0.05, 0.1) is 0 Å². The Balaban J connectivity index is 2.47. The fourth-order valence-electron chi connectivity index (χ4n) is 1.55. The summed E-state index contributed by atoms with van der Waals surface area (Å²) in [6, 6.07) is 3.97. The van der Waals surface area contributed by atoms with Crippen LogP contribution in [0.25, 0.3) is 5.82 Å². The van der Waals surface area contributed by atoms with E-state index in [-0.39, 0.29) is 0 Å². The molecule has 78 valence electrons. The van der Waals surface area contributed by atoms with Gasteiger partial charge in [-0.3, -0.25) is 4.57 Å². The summed E-state index contributed by atoms with van der Waals surface area (Å²) in [5.41, 5.74) is 7.65. The molecule has 2 N–H and O–H groups in total. The third kappa shape index (κ3) is 1.76. The number of aryl methyl sites for hydroxylation is 2. The molecule has 2 heterocycles. The minimum atomic E-state index is 0.530. The van der Waals surface area contributed by atoms with Gasteiger partial charge < -0.3 is 5.73 Å². The maximum atomic E-state index is 5.59. The van der Waals surface area contributed by atoms with Crippen molar-refractivity contribution in [3.05, 3.63) is 41.6 Å². The van der Waals surface area contributed by atoms with Gasteiger partial charge >= 0.3 is 0 Å². The van der Waals surface area contributed by atoms with E-state index in [2.05, 4.69) is 9.97 Å². The van der Waals surface area contributed by atoms with Crippen LogP contribution in [0.5, 0.6) is 0 Å². The monoisotopic (exact) mass is 202 g/mol. The average Bonchev–Trinajstić information content (AvgIpc) is 2.64. The molecule has 0 saturated heterocycles. The molecule has 0 saturated carbocycles. The van der Waals surface area contributed by atoms with Crippen LogP contribution in [0.2, 0.25) is 0 Å². The van der Waals surface area contributed by atoms with Crippen LogP contribution in [-0.2, 0) is 6.54 Å². The summed E-state index contributed by atoms with van der Waals surface area (Å²) in [5.74, 6) is 1.82. The fraction of sp³-hybridized carbons (Fsp3) is 0.273. The zero-order valence-corrected chi connectivity index (χ0v) is 8.94. The van der Waals surface area contributed by atoms with E-state index in [0.29, 0.717) is 6.54 Å². The van der Waals surface area contributed by atoms with Gasteiger partial charge in [0.2, 0.25) is 0 Å². The number of pyridine rings is 1. The molecular formula is C11H14N4. The quantitative estimate of drug-likeness (QED) is 0.799. The molecule has 0 atom stereocenters. The predicted octanol–water partition coefficient (Wildman–Crippen LogP) is 1.34. The molecule has 0 aliphatic carbocycles. The average molecular weight is 202 g/mol. The molecule has 0 unspecified atom stereocenters. The normalized spacial score (nSPS) is 10.6.